The van der Waals surface area contributed by atoms with Crippen LogP contribution in [0.1, 0.15) is 11.1 Å². The van der Waals surface area contributed by atoms with Crippen molar-refractivity contribution in [3.63, 3.8) is 0 Å². The summed E-state index contributed by atoms with van der Waals surface area (Å²) >= 11 is 0. The number of aryl methyl sites for hydroxylation is 1. The molecule has 1 N–H and O–H groups in total. The first-order chi connectivity index (χ1) is 11.7. The van der Waals surface area contributed by atoms with Crippen LogP contribution in [0.5, 0.6) is 0 Å². The van der Waals surface area contributed by atoms with E-state index in [9.17, 15) is 22.4 Å². The largest absolute Gasteiger partial charge is 0.416 e. The summed E-state index contributed by atoms with van der Waals surface area (Å²) in [6.07, 6.45) is -4.46. The molecule has 0 saturated carbocycles. The standard InChI is InChI=1S/C17H11F4N3O/c1-9-2-7-12(18)8-13(9)15-22-14(23-16(25)24-15)10-3-5-11(6-4-10)17(19,20)21/h2-8H,1H3,(H,22,23,24,25). The quantitative estimate of drug-likeness (QED) is 0.713. The van der Waals surface area contributed by atoms with E-state index in [4.69, 9.17) is 0 Å². The number of nitrogens with zero attached hydrogens (tertiary/aromatic N) is 2. The highest BCUT2D eigenvalue weighted by Gasteiger charge is 2.30. The van der Waals surface area contributed by atoms with Crippen LogP contribution in [0.25, 0.3) is 22.8 Å². The lowest BCUT2D eigenvalue weighted by Crippen LogP contribution is -2.15. The molecule has 3 rings (SSSR count). The molecule has 0 bridgehead atoms. The van der Waals surface area contributed by atoms with E-state index >= 15 is 0 Å². The molecule has 8 heteroatoms. The first kappa shape index (κ1) is 16.8. The number of alkyl halides is 3. The predicted molar refractivity (Wildman–Crippen MR) is 83.2 cm³/mol. The third-order valence-corrected chi connectivity index (χ3v) is 3.58. The minimum Gasteiger partial charge on any atom is -0.290 e. The number of hydrogen-bond acceptors (Lipinski definition) is 3. The van der Waals surface area contributed by atoms with Crippen LogP contribution in [-0.2, 0) is 6.18 Å². The molecule has 0 aliphatic rings. The third kappa shape index (κ3) is 3.57. The topological polar surface area (TPSA) is 58.6 Å². The minimum absolute atomic E-state index is 0.0452. The Morgan fingerprint density at radius 1 is 1.00 bits per heavy atom. The van der Waals surface area contributed by atoms with Gasteiger partial charge in [0.05, 0.1) is 5.56 Å². The number of H-pyrrole nitrogens is 1. The fourth-order valence-corrected chi connectivity index (χ4v) is 2.30. The SMILES string of the molecule is Cc1ccc(F)cc1-c1nc(-c2ccc(C(F)(F)F)cc2)nc(=O)[nH]1. The second-order valence-electron chi connectivity index (χ2n) is 5.36. The van der Waals surface area contributed by atoms with Gasteiger partial charge in [0.25, 0.3) is 0 Å². The molecule has 0 unspecified atom stereocenters. The molecule has 4 nitrogen and oxygen atoms in total. The number of benzene rings is 2. The van der Waals surface area contributed by atoms with Gasteiger partial charge in [-0.25, -0.2) is 14.2 Å². The second kappa shape index (κ2) is 6.12. The molecule has 1 heterocycles. The van der Waals surface area contributed by atoms with Crippen LogP contribution in [0.15, 0.2) is 47.3 Å². The van der Waals surface area contributed by atoms with Gasteiger partial charge < -0.3 is 0 Å². The number of nitrogens with one attached hydrogen (secondary N) is 1. The van der Waals surface area contributed by atoms with Gasteiger partial charge in [-0.3, -0.25) is 4.98 Å². The van der Waals surface area contributed by atoms with Crippen LogP contribution in [0, 0.1) is 12.7 Å². The number of aromatic nitrogens is 3. The molecular formula is C17H11F4N3O. The molecule has 0 spiro atoms. The highest BCUT2D eigenvalue weighted by atomic mass is 19.4. The number of halogens is 4. The summed E-state index contributed by atoms with van der Waals surface area (Å²) in [6.45, 7) is 1.72. The zero-order valence-corrected chi connectivity index (χ0v) is 12.9. The fraction of sp³-hybridized carbons (Fsp3) is 0.118. The first-order valence-corrected chi connectivity index (χ1v) is 7.16. The van der Waals surface area contributed by atoms with Crippen molar-refractivity contribution in [1.29, 1.82) is 0 Å². The fourth-order valence-electron chi connectivity index (χ4n) is 2.30. The third-order valence-electron chi connectivity index (χ3n) is 3.58. The van der Waals surface area contributed by atoms with Crippen LogP contribution in [0.2, 0.25) is 0 Å². The lowest BCUT2D eigenvalue weighted by molar-refractivity contribution is -0.137. The Morgan fingerprint density at radius 2 is 1.68 bits per heavy atom. The molecule has 1 aromatic heterocycles. The molecule has 0 aliphatic carbocycles. The molecule has 0 fully saturated rings. The van der Waals surface area contributed by atoms with Crippen LogP contribution in [0.3, 0.4) is 0 Å². The van der Waals surface area contributed by atoms with Crippen molar-refractivity contribution in [3.05, 3.63) is 69.9 Å². The Balaban J connectivity index is 2.08. The van der Waals surface area contributed by atoms with E-state index in [1.165, 1.54) is 30.3 Å². The molecule has 3 aromatic rings. The number of hydrogen-bond donors (Lipinski definition) is 1. The van der Waals surface area contributed by atoms with Crippen LogP contribution < -0.4 is 5.69 Å². The number of aromatic amines is 1. The maximum Gasteiger partial charge on any atom is 0.416 e. The van der Waals surface area contributed by atoms with E-state index in [2.05, 4.69) is 15.0 Å². The van der Waals surface area contributed by atoms with Crippen molar-refractivity contribution in [2.45, 2.75) is 13.1 Å². The highest BCUT2D eigenvalue weighted by Crippen LogP contribution is 2.30. The van der Waals surface area contributed by atoms with E-state index in [1.807, 2.05) is 0 Å². The van der Waals surface area contributed by atoms with E-state index < -0.39 is 23.2 Å². The summed E-state index contributed by atoms with van der Waals surface area (Å²) in [4.78, 5) is 22.0. The normalized spacial score (nSPS) is 11.6. The molecule has 0 amide bonds. The molecule has 0 atom stereocenters. The monoisotopic (exact) mass is 349 g/mol. The van der Waals surface area contributed by atoms with Gasteiger partial charge in [-0.05, 0) is 36.8 Å². The Bertz CT molecular complexity index is 978. The second-order valence-corrected chi connectivity index (χ2v) is 5.36. The van der Waals surface area contributed by atoms with Gasteiger partial charge in [-0.1, -0.05) is 18.2 Å². The Labute approximate surface area is 139 Å². The lowest BCUT2D eigenvalue weighted by Gasteiger charge is -2.08. The van der Waals surface area contributed by atoms with Gasteiger partial charge in [-0.15, -0.1) is 0 Å². The summed E-state index contributed by atoms with van der Waals surface area (Å²) < 4.78 is 51.4. The van der Waals surface area contributed by atoms with Gasteiger partial charge in [0, 0.05) is 11.1 Å². The summed E-state index contributed by atoms with van der Waals surface area (Å²) in [7, 11) is 0. The van der Waals surface area contributed by atoms with Crippen molar-refractivity contribution < 1.29 is 17.6 Å². The Hall–Kier alpha value is -3.03. The zero-order valence-electron chi connectivity index (χ0n) is 12.9. The summed E-state index contributed by atoms with van der Waals surface area (Å²) in [6, 6.07) is 8.14. The average Bonchev–Trinajstić information content (AvgIpc) is 2.56. The molecule has 2 aromatic carbocycles. The summed E-state index contributed by atoms with van der Waals surface area (Å²) in [5.74, 6) is -0.459. The van der Waals surface area contributed by atoms with Crippen molar-refractivity contribution in [2.24, 2.45) is 0 Å². The van der Waals surface area contributed by atoms with Crippen molar-refractivity contribution in [1.82, 2.24) is 15.0 Å². The van der Waals surface area contributed by atoms with Gasteiger partial charge in [0.15, 0.2) is 5.82 Å². The smallest absolute Gasteiger partial charge is 0.290 e. The van der Waals surface area contributed by atoms with Crippen LogP contribution in [-0.4, -0.2) is 15.0 Å². The molecule has 128 valence electrons. The van der Waals surface area contributed by atoms with E-state index in [1.54, 1.807) is 6.92 Å². The van der Waals surface area contributed by atoms with Gasteiger partial charge in [0.2, 0.25) is 0 Å². The lowest BCUT2D eigenvalue weighted by atomic mass is 10.1. The predicted octanol–water partition coefficient (Wildman–Crippen LogP) is 3.97. The average molecular weight is 349 g/mol. The van der Waals surface area contributed by atoms with Crippen molar-refractivity contribution in [3.8, 4) is 22.8 Å². The van der Waals surface area contributed by atoms with Gasteiger partial charge in [0.1, 0.15) is 11.6 Å². The Morgan fingerprint density at radius 3 is 2.32 bits per heavy atom. The minimum atomic E-state index is -4.46. The van der Waals surface area contributed by atoms with Crippen molar-refractivity contribution in [2.75, 3.05) is 0 Å². The summed E-state index contributed by atoms with van der Waals surface area (Å²) in [5, 5.41) is 0. The first-order valence-electron chi connectivity index (χ1n) is 7.16. The highest BCUT2D eigenvalue weighted by molar-refractivity contribution is 5.63. The molecule has 25 heavy (non-hydrogen) atoms. The van der Waals surface area contributed by atoms with E-state index in [-0.39, 0.29) is 17.2 Å². The van der Waals surface area contributed by atoms with Crippen molar-refractivity contribution >= 4 is 0 Å². The van der Waals surface area contributed by atoms with Gasteiger partial charge >= 0.3 is 11.9 Å². The maximum atomic E-state index is 13.5. The summed E-state index contributed by atoms with van der Waals surface area (Å²) in [5.41, 5.74) is -0.262. The van der Waals surface area contributed by atoms with E-state index in [0.717, 1.165) is 12.1 Å². The molecule has 0 saturated heterocycles. The van der Waals surface area contributed by atoms with Crippen LogP contribution >= 0.6 is 0 Å². The molecular weight excluding hydrogens is 338 g/mol. The number of rotatable bonds is 2. The van der Waals surface area contributed by atoms with E-state index in [0.29, 0.717) is 11.1 Å². The maximum absolute atomic E-state index is 13.5. The zero-order chi connectivity index (χ0) is 18.2. The Kier molecular flexibility index (Phi) is 4.12. The van der Waals surface area contributed by atoms with Crippen LogP contribution in [0.4, 0.5) is 17.6 Å². The molecule has 0 radical (unpaired) electrons. The molecule has 0 aliphatic heterocycles. The van der Waals surface area contributed by atoms with Gasteiger partial charge in [-0.2, -0.15) is 18.2 Å².